The molecule has 17 heavy (non-hydrogen) atoms. The molecule has 0 aliphatic carbocycles. The van der Waals surface area contributed by atoms with Crippen molar-refractivity contribution in [3.63, 3.8) is 0 Å². The van der Waals surface area contributed by atoms with Crippen LogP contribution in [0.2, 0.25) is 0 Å². The number of halogens is 3. The number of hydrogen-bond acceptors (Lipinski definition) is 2. The van der Waals surface area contributed by atoms with Gasteiger partial charge in [-0.2, -0.15) is 13.2 Å². The maximum atomic E-state index is 12.6. The zero-order valence-electron chi connectivity index (χ0n) is 10.1. The van der Waals surface area contributed by atoms with Crippen molar-refractivity contribution < 1.29 is 17.9 Å². The van der Waals surface area contributed by atoms with Crippen molar-refractivity contribution in [2.45, 2.75) is 38.8 Å². The Bertz CT molecular complexity index is 377. The first-order valence-corrected chi connectivity index (χ1v) is 5.51. The van der Waals surface area contributed by atoms with Gasteiger partial charge < -0.3 is 4.74 Å². The van der Waals surface area contributed by atoms with Crippen molar-refractivity contribution in [3.8, 4) is 5.75 Å². The van der Waals surface area contributed by atoms with E-state index in [1.54, 1.807) is 6.07 Å². The maximum Gasteiger partial charge on any atom is 0.433 e. The highest BCUT2D eigenvalue weighted by Gasteiger charge is 2.33. The molecule has 0 radical (unpaired) electrons. The van der Waals surface area contributed by atoms with Gasteiger partial charge in [0.05, 0.1) is 7.11 Å². The lowest BCUT2D eigenvalue weighted by Gasteiger charge is -2.14. The second kappa shape index (κ2) is 5.38. The lowest BCUT2D eigenvalue weighted by atomic mass is 10.0. The minimum absolute atomic E-state index is 0.00352. The lowest BCUT2D eigenvalue weighted by molar-refractivity contribution is -0.141. The van der Waals surface area contributed by atoms with Gasteiger partial charge in [-0.05, 0) is 12.3 Å². The van der Waals surface area contributed by atoms with Gasteiger partial charge in [0.25, 0.3) is 0 Å². The number of alkyl halides is 3. The number of hydrogen-bond donors (Lipinski definition) is 0. The molecule has 0 amide bonds. The first kappa shape index (κ1) is 13.8. The summed E-state index contributed by atoms with van der Waals surface area (Å²) >= 11 is 0. The predicted molar refractivity (Wildman–Crippen MR) is 59.1 cm³/mol. The van der Waals surface area contributed by atoms with E-state index in [0.29, 0.717) is 5.69 Å². The van der Waals surface area contributed by atoms with Crippen LogP contribution in [0.5, 0.6) is 5.75 Å². The number of rotatable bonds is 4. The van der Waals surface area contributed by atoms with Crippen LogP contribution in [0.3, 0.4) is 0 Å². The predicted octanol–water partition coefficient (Wildman–Crippen LogP) is 4.01. The molecule has 1 unspecified atom stereocenters. The summed E-state index contributed by atoms with van der Waals surface area (Å²) in [6, 6.07) is 2.48. The Morgan fingerprint density at radius 1 is 1.35 bits per heavy atom. The van der Waals surface area contributed by atoms with E-state index in [9.17, 15) is 13.2 Å². The smallest absolute Gasteiger partial charge is 0.433 e. The van der Waals surface area contributed by atoms with Gasteiger partial charge in [0.2, 0.25) is 0 Å². The van der Waals surface area contributed by atoms with E-state index in [1.165, 1.54) is 7.11 Å². The van der Waals surface area contributed by atoms with E-state index >= 15 is 0 Å². The number of ether oxygens (including phenoxy) is 1. The van der Waals surface area contributed by atoms with E-state index in [-0.39, 0.29) is 11.7 Å². The molecule has 0 saturated carbocycles. The Balaban J connectivity index is 3.14. The van der Waals surface area contributed by atoms with Crippen LogP contribution in [0.1, 0.15) is 44.0 Å². The lowest BCUT2D eigenvalue weighted by Crippen LogP contribution is -2.11. The Hall–Kier alpha value is -1.26. The zero-order chi connectivity index (χ0) is 13.1. The summed E-state index contributed by atoms with van der Waals surface area (Å²) in [5.74, 6) is 0.196. The third-order valence-electron chi connectivity index (χ3n) is 2.57. The third-order valence-corrected chi connectivity index (χ3v) is 2.57. The fourth-order valence-electron chi connectivity index (χ4n) is 1.62. The van der Waals surface area contributed by atoms with E-state index in [0.717, 1.165) is 18.9 Å². The fraction of sp³-hybridized carbons (Fsp3) is 0.583. The average Bonchev–Trinajstić information content (AvgIpc) is 2.27. The van der Waals surface area contributed by atoms with Crippen molar-refractivity contribution in [1.29, 1.82) is 0 Å². The average molecular weight is 247 g/mol. The number of pyridine rings is 1. The van der Waals surface area contributed by atoms with Crippen molar-refractivity contribution in [2.24, 2.45) is 0 Å². The summed E-state index contributed by atoms with van der Waals surface area (Å²) in [4.78, 5) is 3.67. The quantitative estimate of drug-likeness (QED) is 0.801. The molecule has 1 aromatic heterocycles. The highest BCUT2D eigenvalue weighted by atomic mass is 19.4. The highest BCUT2D eigenvalue weighted by molar-refractivity contribution is 5.30. The molecule has 0 aromatic carbocycles. The highest BCUT2D eigenvalue weighted by Crippen LogP contribution is 2.32. The molecule has 2 nitrogen and oxygen atoms in total. The molecule has 0 spiro atoms. The van der Waals surface area contributed by atoms with Gasteiger partial charge in [0.1, 0.15) is 11.4 Å². The summed E-state index contributed by atoms with van der Waals surface area (Å²) in [7, 11) is 1.35. The van der Waals surface area contributed by atoms with Crippen LogP contribution in [0.15, 0.2) is 12.1 Å². The second-order valence-corrected chi connectivity index (χ2v) is 4.00. The van der Waals surface area contributed by atoms with Crippen molar-refractivity contribution in [1.82, 2.24) is 4.98 Å². The largest absolute Gasteiger partial charge is 0.497 e. The van der Waals surface area contributed by atoms with Crippen LogP contribution in [-0.2, 0) is 6.18 Å². The molecule has 5 heteroatoms. The summed E-state index contributed by atoms with van der Waals surface area (Å²) in [6.07, 6.45) is -2.73. The Labute approximate surface area is 98.8 Å². The molecule has 96 valence electrons. The molecule has 0 bridgehead atoms. The fourth-order valence-corrected chi connectivity index (χ4v) is 1.62. The van der Waals surface area contributed by atoms with Gasteiger partial charge in [0.15, 0.2) is 0 Å². The van der Waals surface area contributed by atoms with E-state index in [2.05, 4.69) is 4.98 Å². The Morgan fingerprint density at radius 2 is 2.00 bits per heavy atom. The normalized spacial score (nSPS) is 13.5. The van der Waals surface area contributed by atoms with Gasteiger partial charge in [-0.1, -0.05) is 20.3 Å². The first-order chi connectivity index (χ1) is 7.88. The summed E-state index contributed by atoms with van der Waals surface area (Å²) in [6.45, 7) is 3.85. The maximum absolute atomic E-state index is 12.6. The molecule has 0 aliphatic rings. The first-order valence-electron chi connectivity index (χ1n) is 5.51. The minimum Gasteiger partial charge on any atom is -0.497 e. The van der Waals surface area contributed by atoms with Crippen LogP contribution >= 0.6 is 0 Å². The summed E-state index contributed by atoms with van der Waals surface area (Å²) in [5.41, 5.74) is -0.465. The number of aromatic nitrogens is 1. The molecule has 1 heterocycles. The monoisotopic (exact) mass is 247 g/mol. The molecule has 0 N–H and O–H groups in total. The van der Waals surface area contributed by atoms with Crippen molar-refractivity contribution in [2.75, 3.05) is 7.11 Å². The molecule has 1 aromatic rings. The molecule has 1 atom stereocenters. The molecule has 0 saturated heterocycles. The summed E-state index contributed by atoms with van der Waals surface area (Å²) < 4.78 is 42.7. The second-order valence-electron chi connectivity index (χ2n) is 4.00. The van der Waals surface area contributed by atoms with Gasteiger partial charge >= 0.3 is 6.18 Å². The Morgan fingerprint density at radius 3 is 2.47 bits per heavy atom. The van der Waals surface area contributed by atoms with E-state index < -0.39 is 11.9 Å². The summed E-state index contributed by atoms with van der Waals surface area (Å²) in [5, 5.41) is 0. The van der Waals surface area contributed by atoms with Crippen LogP contribution in [-0.4, -0.2) is 12.1 Å². The topological polar surface area (TPSA) is 22.1 Å². The molecule has 0 fully saturated rings. The van der Waals surface area contributed by atoms with Crippen LogP contribution < -0.4 is 4.74 Å². The molecule has 0 aliphatic heterocycles. The Kier molecular flexibility index (Phi) is 4.37. The van der Waals surface area contributed by atoms with E-state index in [4.69, 9.17) is 4.74 Å². The van der Waals surface area contributed by atoms with Crippen molar-refractivity contribution >= 4 is 0 Å². The van der Waals surface area contributed by atoms with Crippen LogP contribution in [0.4, 0.5) is 13.2 Å². The number of methoxy groups -OCH3 is 1. The SMILES string of the molecule is CCCC(C)c1cc(OC)cc(C(F)(F)F)n1. The molecule has 1 rings (SSSR count). The van der Waals surface area contributed by atoms with E-state index in [1.807, 2.05) is 13.8 Å². The third kappa shape index (κ3) is 3.61. The minimum atomic E-state index is -4.44. The van der Waals surface area contributed by atoms with Gasteiger partial charge in [0, 0.05) is 17.8 Å². The molecular weight excluding hydrogens is 231 g/mol. The zero-order valence-corrected chi connectivity index (χ0v) is 10.1. The van der Waals surface area contributed by atoms with Crippen LogP contribution in [0.25, 0.3) is 0 Å². The standard InChI is InChI=1S/C12H16F3NO/c1-4-5-8(2)10-6-9(17-3)7-11(16-10)12(13,14)15/h6-8H,4-5H2,1-3H3. The van der Waals surface area contributed by atoms with Gasteiger partial charge in [-0.25, -0.2) is 4.98 Å². The molecular formula is C12H16F3NO. The van der Waals surface area contributed by atoms with Gasteiger partial charge in [-0.3, -0.25) is 0 Å². The van der Waals surface area contributed by atoms with Crippen LogP contribution in [0, 0.1) is 0 Å². The van der Waals surface area contributed by atoms with Gasteiger partial charge in [-0.15, -0.1) is 0 Å². The van der Waals surface area contributed by atoms with Crippen molar-refractivity contribution in [3.05, 3.63) is 23.5 Å². The number of nitrogens with zero attached hydrogens (tertiary/aromatic N) is 1.